The van der Waals surface area contributed by atoms with Gasteiger partial charge in [-0.3, -0.25) is 9.59 Å². The number of carbonyl (C=O) groups is 2. The Hall–Kier alpha value is -2.18. The summed E-state index contributed by atoms with van der Waals surface area (Å²) in [5.74, 6) is -0.0755. The lowest BCUT2D eigenvalue weighted by Gasteiger charge is -2.20. The molecule has 0 saturated heterocycles. The van der Waals surface area contributed by atoms with Crippen molar-refractivity contribution in [3.8, 4) is 0 Å². The molecule has 0 heterocycles. The Bertz CT molecular complexity index is 1160. The molecule has 0 bridgehead atoms. The molecule has 6 nitrogen and oxygen atoms in total. The molecule has 0 aliphatic carbocycles. The van der Waals surface area contributed by atoms with Gasteiger partial charge in [-0.2, -0.15) is 0 Å². The third-order valence-electron chi connectivity index (χ3n) is 13.8. The number of carbonyl (C=O) groups excluding carboxylic acids is 2. The van der Waals surface area contributed by atoms with E-state index in [2.05, 4.69) is 55.6 Å². The first-order valence-electron chi connectivity index (χ1n) is 30.4. The molecule has 1 amide bonds. The monoisotopic (exact) mass is 968 g/mol. The summed E-state index contributed by atoms with van der Waals surface area (Å²) in [6, 6.07) is -0.631. The normalized spacial score (nSPS) is 12.9. The Labute approximate surface area is 429 Å². The minimum atomic E-state index is -0.847. The number of amides is 1. The van der Waals surface area contributed by atoms with E-state index in [9.17, 15) is 19.8 Å². The Kier molecular flexibility index (Phi) is 56.5. The average molecular weight is 969 g/mol. The Morgan fingerprint density at radius 2 is 0.725 bits per heavy atom. The van der Waals surface area contributed by atoms with E-state index >= 15 is 0 Å². The summed E-state index contributed by atoms with van der Waals surface area (Å²) in [5.41, 5.74) is 0. The summed E-state index contributed by atoms with van der Waals surface area (Å²) >= 11 is 0. The van der Waals surface area contributed by atoms with E-state index in [0.717, 1.165) is 51.4 Å². The summed E-state index contributed by atoms with van der Waals surface area (Å²) in [6.45, 7) is 4.87. The van der Waals surface area contributed by atoms with Crippen LogP contribution in [0.4, 0.5) is 0 Å². The SMILES string of the molecule is CCCCC/C=C\C/C=C\CCCCCCCC(=O)OCCCCCCCCCCCCCC/C=C\CCCCCCCCCCC(=O)NC(CO)C(O)/C=C/CCCCCCCCCCCCC. The van der Waals surface area contributed by atoms with Gasteiger partial charge in [0, 0.05) is 12.8 Å². The van der Waals surface area contributed by atoms with E-state index in [0.29, 0.717) is 19.4 Å². The second kappa shape index (κ2) is 58.4. The zero-order valence-electron chi connectivity index (χ0n) is 46.0. The molecule has 0 aliphatic rings. The van der Waals surface area contributed by atoms with Crippen LogP contribution in [0.15, 0.2) is 48.6 Å². The van der Waals surface area contributed by atoms with Gasteiger partial charge in [0.2, 0.25) is 5.91 Å². The van der Waals surface area contributed by atoms with Crippen LogP contribution >= 0.6 is 0 Å². The van der Waals surface area contributed by atoms with Crippen molar-refractivity contribution in [3.63, 3.8) is 0 Å². The third kappa shape index (κ3) is 55.0. The van der Waals surface area contributed by atoms with Gasteiger partial charge in [0.05, 0.1) is 25.4 Å². The van der Waals surface area contributed by atoms with Crippen molar-refractivity contribution in [2.24, 2.45) is 0 Å². The molecule has 6 heteroatoms. The van der Waals surface area contributed by atoms with Gasteiger partial charge in [0.1, 0.15) is 0 Å². The van der Waals surface area contributed by atoms with Gasteiger partial charge in [-0.1, -0.05) is 262 Å². The first-order valence-corrected chi connectivity index (χ1v) is 30.4. The molecule has 69 heavy (non-hydrogen) atoms. The molecule has 404 valence electrons. The molecule has 0 spiro atoms. The minimum Gasteiger partial charge on any atom is -0.466 e. The zero-order valence-corrected chi connectivity index (χ0v) is 46.0. The highest BCUT2D eigenvalue weighted by molar-refractivity contribution is 5.76. The largest absolute Gasteiger partial charge is 0.466 e. The zero-order chi connectivity index (χ0) is 50.0. The van der Waals surface area contributed by atoms with Crippen molar-refractivity contribution < 1.29 is 24.5 Å². The second-order valence-electron chi connectivity index (χ2n) is 20.7. The molecular weight excluding hydrogens is 851 g/mol. The van der Waals surface area contributed by atoms with Gasteiger partial charge in [0.25, 0.3) is 0 Å². The number of aliphatic hydroxyl groups is 2. The summed E-state index contributed by atoms with van der Waals surface area (Å²) in [4.78, 5) is 24.5. The number of nitrogens with one attached hydrogen (secondary N) is 1. The van der Waals surface area contributed by atoms with Gasteiger partial charge < -0.3 is 20.3 Å². The number of aliphatic hydroxyl groups excluding tert-OH is 2. The Morgan fingerprint density at radius 3 is 1.14 bits per heavy atom. The van der Waals surface area contributed by atoms with E-state index in [-0.39, 0.29) is 18.5 Å². The van der Waals surface area contributed by atoms with Gasteiger partial charge in [-0.25, -0.2) is 0 Å². The first kappa shape index (κ1) is 66.8. The molecule has 0 rings (SSSR count). The van der Waals surface area contributed by atoms with Crippen molar-refractivity contribution in [2.75, 3.05) is 13.2 Å². The fraction of sp³-hybridized carbons (Fsp3) is 0.841. The smallest absolute Gasteiger partial charge is 0.305 e. The van der Waals surface area contributed by atoms with E-state index in [1.807, 2.05) is 6.08 Å². The fourth-order valence-corrected chi connectivity index (χ4v) is 9.13. The number of hydrogen-bond donors (Lipinski definition) is 3. The predicted octanol–water partition coefficient (Wildman–Crippen LogP) is 19.0. The van der Waals surface area contributed by atoms with Crippen LogP contribution < -0.4 is 5.32 Å². The molecule has 0 aromatic carbocycles. The third-order valence-corrected chi connectivity index (χ3v) is 13.8. The topological polar surface area (TPSA) is 95.9 Å². The molecular formula is C63H117NO5. The molecule has 0 aromatic heterocycles. The van der Waals surface area contributed by atoms with Gasteiger partial charge in [-0.15, -0.1) is 0 Å². The average Bonchev–Trinajstić information content (AvgIpc) is 3.35. The van der Waals surface area contributed by atoms with E-state index in [1.54, 1.807) is 6.08 Å². The summed E-state index contributed by atoms with van der Waals surface area (Å²) in [7, 11) is 0. The molecule has 0 fully saturated rings. The number of rotatable bonds is 56. The summed E-state index contributed by atoms with van der Waals surface area (Å²) in [5, 5.41) is 23.1. The molecule has 2 unspecified atom stereocenters. The maximum absolute atomic E-state index is 12.4. The van der Waals surface area contributed by atoms with Crippen LogP contribution in [0.1, 0.15) is 316 Å². The van der Waals surface area contributed by atoms with Crippen LogP contribution in [0, 0.1) is 0 Å². The van der Waals surface area contributed by atoms with Gasteiger partial charge >= 0.3 is 5.97 Å². The van der Waals surface area contributed by atoms with E-state index < -0.39 is 12.1 Å². The lowest BCUT2D eigenvalue weighted by molar-refractivity contribution is -0.143. The van der Waals surface area contributed by atoms with Crippen LogP contribution in [0.5, 0.6) is 0 Å². The highest BCUT2D eigenvalue weighted by atomic mass is 16.5. The van der Waals surface area contributed by atoms with E-state index in [1.165, 1.54) is 238 Å². The van der Waals surface area contributed by atoms with Crippen LogP contribution in [-0.2, 0) is 14.3 Å². The quantitative estimate of drug-likeness (QED) is 0.0321. The van der Waals surface area contributed by atoms with Crippen molar-refractivity contribution in [1.29, 1.82) is 0 Å². The maximum atomic E-state index is 12.4. The molecule has 0 aromatic rings. The lowest BCUT2D eigenvalue weighted by Crippen LogP contribution is -2.45. The Balaban J connectivity index is 3.42. The van der Waals surface area contributed by atoms with Gasteiger partial charge in [0.15, 0.2) is 0 Å². The summed E-state index contributed by atoms with van der Waals surface area (Å²) < 4.78 is 5.47. The number of hydrogen-bond acceptors (Lipinski definition) is 5. The lowest BCUT2D eigenvalue weighted by atomic mass is 10.0. The highest BCUT2D eigenvalue weighted by Crippen LogP contribution is 2.16. The first-order chi connectivity index (χ1) is 34.0. The molecule has 0 saturated carbocycles. The second-order valence-corrected chi connectivity index (χ2v) is 20.7. The minimum absolute atomic E-state index is 0.00244. The molecule has 2 atom stereocenters. The molecule has 3 N–H and O–H groups in total. The molecule has 0 radical (unpaired) electrons. The van der Waals surface area contributed by atoms with Gasteiger partial charge in [-0.05, 0) is 89.9 Å². The van der Waals surface area contributed by atoms with Crippen LogP contribution in [-0.4, -0.2) is 47.4 Å². The number of ether oxygens (including phenoxy) is 1. The number of unbranched alkanes of at least 4 members (excludes halogenated alkanes) is 39. The number of esters is 1. The van der Waals surface area contributed by atoms with Crippen LogP contribution in [0.2, 0.25) is 0 Å². The van der Waals surface area contributed by atoms with E-state index in [4.69, 9.17) is 4.74 Å². The molecule has 0 aliphatic heterocycles. The van der Waals surface area contributed by atoms with Crippen molar-refractivity contribution >= 4 is 11.9 Å². The van der Waals surface area contributed by atoms with Crippen molar-refractivity contribution in [2.45, 2.75) is 328 Å². The van der Waals surface area contributed by atoms with Crippen molar-refractivity contribution in [3.05, 3.63) is 48.6 Å². The van der Waals surface area contributed by atoms with Crippen molar-refractivity contribution in [1.82, 2.24) is 5.32 Å². The fourth-order valence-electron chi connectivity index (χ4n) is 9.13. The maximum Gasteiger partial charge on any atom is 0.305 e. The van der Waals surface area contributed by atoms with Crippen LogP contribution in [0.3, 0.4) is 0 Å². The summed E-state index contributed by atoms with van der Waals surface area (Å²) in [6.07, 6.45) is 74.3. The standard InChI is InChI=1S/C63H117NO5/c1-3-5-7-9-11-13-15-17-28-33-37-41-45-49-53-57-63(68)69-58-54-50-46-42-38-34-30-27-25-23-21-19-18-20-22-24-26-29-32-36-40-44-48-52-56-62(67)64-60(59-65)61(66)55-51-47-43-39-35-31-16-14-12-10-8-6-4-2/h11,13,17,20,22,28,51,55,60-61,65-66H,3-10,12,14-16,18-19,21,23-27,29-50,52-54,56-59H2,1-2H3,(H,64,67)/b13-11-,22-20-,28-17-,55-51+. The Morgan fingerprint density at radius 1 is 0.406 bits per heavy atom. The van der Waals surface area contributed by atoms with Crippen LogP contribution in [0.25, 0.3) is 0 Å². The predicted molar refractivity (Wildman–Crippen MR) is 301 cm³/mol. The highest BCUT2D eigenvalue weighted by Gasteiger charge is 2.18. The number of allylic oxidation sites excluding steroid dienone is 7.